The predicted molar refractivity (Wildman–Crippen MR) is 70.3 cm³/mol. The SMILES string of the molecule is CC(O)C1CCN(Cc2cn3ccccc3n2)C1. The van der Waals surface area contributed by atoms with Crippen molar-refractivity contribution in [2.24, 2.45) is 5.92 Å². The average molecular weight is 245 g/mol. The Bertz CT molecular complexity index is 502. The fourth-order valence-electron chi connectivity index (χ4n) is 2.69. The lowest BCUT2D eigenvalue weighted by atomic mass is 10.0. The van der Waals surface area contributed by atoms with E-state index < -0.39 is 0 Å². The third kappa shape index (κ3) is 2.26. The molecule has 1 aliphatic rings. The zero-order valence-corrected chi connectivity index (χ0v) is 10.7. The number of nitrogens with zero attached hydrogens (tertiary/aromatic N) is 3. The molecule has 2 unspecified atom stereocenters. The second-order valence-electron chi connectivity index (χ2n) is 5.22. The van der Waals surface area contributed by atoms with Crippen molar-refractivity contribution in [1.82, 2.24) is 14.3 Å². The van der Waals surface area contributed by atoms with Crippen LogP contribution in [0.4, 0.5) is 0 Å². The van der Waals surface area contributed by atoms with E-state index in [1.165, 1.54) is 0 Å². The molecule has 1 aliphatic heterocycles. The van der Waals surface area contributed by atoms with E-state index in [9.17, 15) is 5.11 Å². The van der Waals surface area contributed by atoms with E-state index in [2.05, 4.69) is 20.5 Å². The van der Waals surface area contributed by atoms with Crippen LogP contribution in [0.5, 0.6) is 0 Å². The third-order valence-electron chi connectivity index (χ3n) is 3.79. The number of likely N-dealkylation sites (tertiary alicyclic amines) is 1. The Labute approximate surface area is 107 Å². The summed E-state index contributed by atoms with van der Waals surface area (Å²) in [5.41, 5.74) is 2.10. The maximum atomic E-state index is 9.60. The van der Waals surface area contributed by atoms with E-state index in [4.69, 9.17) is 0 Å². The molecule has 0 amide bonds. The zero-order valence-electron chi connectivity index (χ0n) is 10.7. The summed E-state index contributed by atoms with van der Waals surface area (Å²) in [6, 6.07) is 6.04. The highest BCUT2D eigenvalue weighted by Gasteiger charge is 2.26. The van der Waals surface area contributed by atoms with Gasteiger partial charge in [0.1, 0.15) is 5.65 Å². The van der Waals surface area contributed by atoms with Crippen molar-refractivity contribution in [3.8, 4) is 0 Å². The van der Waals surface area contributed by atoms with E-state index in [1.807, 2.05) is 31.3 Å². The first-order valence-corrected chi connectivity index (χ1v) is 6.55. The number of fused-ring (bicyclic) bond motifs is 1. The average Bonchev–Trinajstić information content (AvgIpc) is 2.94. The minimum atomic E-state index is -0.198. The fourth-order valence-corrected chi connectivity index (χ4v) is 2.69. The maximum absolute atomic E-state index is 9.60. The molecule has 0 saturated carbocycles. The molecule has 1 fully saturated rings. The van der Waals surface area contributed by atoms with Gasteiger partial charge in [0.15, 0.2) is 0 Å². The lowest BCUT2D eigenvalue weighted by Crippen LogP contribution is -2.24. The number of rotatable bonds is 3. The first-order chi connectivity index (χ1) is 8.72. The number of pyridine rings is 1. The molecule has 3 heterocycles. The Morgan fingerprint density at radius 3 is 3.11 bits per heavy atom. The van der Waals surface area contributed by atoms with E-state index in [1.54, 1.807) is 0 Å². The standard InChI is InChI=1S/C14H19N3O/c1-11(18)12-5-7-16(8-12)9-13-10-17-6-3-2-4-14(17)15-13/h2-4,6,10-12,18H,5,7-9H2,1H3. The van der Waals surface area contributed by atoms with E-state index in [-0.39, 0.29) is 6.10 Å². The summed E-state index contributed by atoms with van der Waals surface area (Å²) >= 11 is 0. The minimum Gasteiger partial charge on any atom is -0.393 e. The summed E-state index contributed by atoms with van der Waals surface area (Å²) in [6.07, 6.45) is 5.00. The van der Waals surface area contributed by atoms with Gasteiger partial charge in [0, 0.05) is 25.5 Å². The molecule has 18 heavy (non-hydrogen) atoms. The summed E-state index contributed by atoms with van der Waals surface area (Å²) in [5, 5.41) is 9.60. The van der Waals surface area contributed by atoms with E-state index in [0.29, 0.717) is 5.92 Å². The Balaban J connectivity index is 1.70. The van der Waals surface area contributed by atoms with Gasteiger partial charge in [0.25, 0.3) is 0 Å². The summed E-state index contributed by atoms with van der Waals surface area (Å²) < 4.78 is 2.05. The normalized spacial score (nSPS) is 22.7. The fraction of sp³-hybridized carbons (Fsp3) is 0.500. The molecule has 1 saturated heterocycles. The lowest BCUT2D eigenvalue weighted by molar-refractivity contribution is 0.127. The molecular formula is C14H19N3O. The van der Waals surface area contributed by atoms with Crippen molar-refractivity contribution < 1.29 is 5.11 Å². The number of aliphatic hydroxyl groups excluding tert-OH is 1. The Morgan fingerprint density at radius 2 is 2.39 bits per heavy atom. The first-order valence-electron chi connectivity index (χ1n) is 6.55. The van der Waals surface area contributed by atoms with Crippen LogP contribution in [0, 0.1) is 5.92 Å². The van der Waals surface area contributed by atoms with E-state index >= 15 is 0 Å². The van der Waals surface area contributed by atoms with Gasteiger partial charge in [0.2, 0.25) is 0 Å². The van der Waals surface area contributed by atoms with Crippen LogP contribution >= 0.6 is 0 Å². The maximum Gasteiger partial charge on any atom is 0.137 e. The third-order valence-corrected chi connectivity index (χ3v) is 3.79. The van der Waals surface area contributed by atoms with Crippen LogP contribution in [-0.2, 0) is 6.54 Å². The van der Waals surface area contributed by atoms with Crippen LogP contribution < -0.4 is 0 Å². The smallest absolute Gasteiger partial charge is 0.137 e. The summed E-state index contributed by atoms with van der Waals surface area (Å²) in [5.74, 6) is 0.419. The number of hydrogen-bond donors (Lipinski definition) is 1. The van der Waals surface area contributed by atoms with Crippen LogP contribution in [0.1, 0.15) is 19.0 Å². The number of aliphatic hydroxyl groups is 1. The topological polar surface area (TPSA) is 40.8 Å². The quantitative estimate of drug-likeness (QED) is 0.891. The minimum absolute atomic E-state index is 0.198. The van der Waals surface area contributed by atoms with Crippen molar-refractivity contribution >= 4 is 5.65 Å². The zero-order chi connectivity index (χ0) is 12.5. The van der Waals surface area contributed by atoms with Gasteiger partial charge in [-0.15, -0.1) is 0 Å². The van der Waals surface area contributed by atoms with Gasteiger partial charge in [-0.05, 0) is 37.9 Å². The molecule has 0 aliphatic carbocycles. The van der Waals surface area contributed by atoms with Gasteiger partial charge in [-0.2, -0.15) is 0 Å². The summed E-state index contributed by atoms with van der Waals surface area (Å²) in [4.78, 5) is 6.98. The Hall–Kier alpha value is -1.39. The van der Waals surface area contributed by atoms with Gasteiger partial charge in [-0.1, -0.05) is 6.07 Å². The molecule has 2 aromatic rings. The molecule has 4 heteroatoms. The second-order valence-corrected chi connectivity index (χ2v) is 5.22. The molecule has 0 radical (unpaired) electrons. The monoisotopic (exact) mass is 245 g/mol. The van der Waals surface area contributed by atoms with Gasteiger partial charge in [0.05, 0.1) is 11.8 Å². The summed E-state index contributed by atoms with van der Waals surface area (Å²) in [7, 11) is 0. The molecule has 4 nitrogen and oxygen atoms in total. The van der Waals surface area contributed by atoms with Crippen LogP contribution in [0.25, 0.3) is 5.65 Å². The molecule has 2 atom stereocenters. The Morgan fingerprint density at radius 1 is 1.50 bits per heavy atom. The number of imidazole rings is 1. The van der Waals surface area contributed by atoms with Crippen LogP contribution in [0.15, 0.2) is 30.6 Å². The van der Waals surface area contributed by atoms with Crippen molar-refractivity contribution in [2.45, 2.75) is 26.0 Å². The number of aromatic nitrogens is 2. The molecule has 0 aromatic carbocycles. The van der Waals surface area contributed by atoms with E-state index in [0.717, 1.165) is 37.4 Å². The van der Waals surface area contributed by atoms with Crippen molar-refractivity contribution in [3.05, 3.63) is 36.3 Å². The molecular weight excluding hydrogens is 226 g/mol. The molecule has 96 valence electrons. The highest BCUT2D eigenvalue weighted by molar-refractivity contribution is 5.39. The lowest BCUT2D eigenvalue weighted by Gasteiger charge is -2.15. The van der Waals surface area contributed by atoms with Gasteiger partial charge < -0.3 is 9.51 Å². The summed E-state index contributed by atoms with van der Waals surface area (Å²) in [6.45, 7) is 4.80. The number of hydrogen-bond acceptors (Lipinski definition) is 3. The van der Waals surface area contributed by atoms with Crippen molar-refractivity contribution in [1.29, 1.82) is 0 Å². The predicted octanol–water partition coefficient (Wildman–Crippen LogP) is 1.54. The van der Waals surface area contributed by atoms with Gasteiger partial charge in [-0.3, -0.25) is 4.90 Å². The van der Waals surface area contributed by atoms with Crippen LogP contribution in [0.3, 0.4) is 0 Å². The highest BCUT2D eigenvalue weighted by Crippen LogP contribution is 2.21. The first kappa shape index (κ1) is 11.7. The second kappa shape index (κ2) is 4.71. The van der Waals surface area contributed by atoms with Gasteiger partial charge >= 0.3 is 0 Å². The molecule has 3 rings (SSSR count). The molecule has 1 N–H and O–H groups in total. The van der Waals surface area contributed by atoms with Crippen molar-refractivity contribution in [3.63, 3.8) is 0 Å². The highest BCUT2D eigenvalue weighted by atomic mass is 16.3. The molecule has 0 bridgehead atoms. The molecule has 2 aromatic heterocycles. The van der Waals surface area contributed by atoms with Crippen LogP contribution in [0.2, 0.25) is 0 Å². The van der Waals surface area contributed by atoms with Crippen LogP contribution in [-0.4, -0.2) is 38.6 Å². The van der Waals surface area contributed by atoms with Crippen molar-refractivity contribution in [2.75, 3.05) is 13.1 Å². The van der Waals surface area contributed by atoms with Gasteiger partial charge in [-0.25, -0.2) is 4.98 Å². The Kier molecular flexibility index (Phi) is 3.06. The molecule has 0 spiro atoms. The largest absolute Gasteiger partial charge is 0.393 e.